The number of fused-ring (bicyclic) bond motifs is 2. The van der Waals surface area contributed by atoms with Crippen LogP contribution in [0.25, 0.3) is 6.08 Å². The van der Waals surface area contributed by atoms with E-state index < -0.39 is 6.09 Å². The van der Waals surface area contributed by atoms with Crippen LogP contribution in [0.3, 0.4) is 0 Å². The van der Waals surface area contributed by atoms with Gasteiger partial charge in [0, 0.05) is 29.3 Å². The Labute approximate surface area is 212 Å². The number of Topliss-reactive ketones (excluding diaryl/α,β-unsaturated/α-hetero) is 1. The molecular formula is C26H28BrN5O3. The molecule has 1 aliphatic heterocycles. The highest BCUT2D eigenvalue weighted by molar-refractivity contribution is 9.10. The Morgan fingerprint density at radius 2 is 2.17 bits per heavy atom. The lowest BCUT2D eigenvalue weighted by Gasteiger charge is -2.38. The molecule has 9 heteroatoms. The number of carbonyl (C=O) groups is 2. The summed E-state index contributed by atoms with van der Waals surface area (Å²) in [5.41, 5.74) is 2.59. The molecule has 8 nitrogen and oxygen atoms in total. The predicted octanol–water partition coefficient (Wildman–Crippen LogP) is 5.17. The number of hydrogen-bond acceptors (Lipinski definition) is 6. The van der Waals surface area contributed by atoms with E-state index in [0.717, 1.165) is 60.0 Å². The van der Waals surface area contributed by atoms with Crippen LogP contribution >= 0.6 is 15.9 Å². The summed E-state index contributed by atoms with van der Waals surface area (Å²) >= 11 is 3.42. The number of ether oxygens (including phenoxy) is 1. The molecule has 3 unspecified atom stereocenters. The minimum Gasteiger partial charge on any atom is -0.389 e. The van der Waals surface area contributed by atoms with Gasteiger partial charge in [-0.15, -0.1) is 5.10 Å². The van der Waals surface area contributed by atoms with E-state index in [-0.39, 0.29) is 23.0 Å². The molecule has 182 valence electrons. The van der Waals surface area contributed by atoms with E-state index in [4.69, 9.17) is 9.73 Å². The first kappa shape index (κ1) is 22.6. The van der Waals surface area contributed by atoms with Crippen molar-refractivity contribution in [2.24, 2.45) is 28.2 Å². The van der Waals surface area contributed by atoms with Gasteiger partial charge in [-0.05, 0) is 96.3 Å². The summed E-state index contributed by atoms with van der Waals surface area (Å²) in [4.78, 5) is 34.7. The largest absolute Gasteiger partial charge is 0.414 e. The number of pyridine rings is 1. The average molecular weight is 538 g/mol. The van der Waals surface area contributed by atoms with Crippen molar-refractivity contribution in [1.29, 1.82) is 0 Å². The second-order valence-electron chi connectivity index (χ2n) is 10.5. The van der Waals surface area contributed by atoms with Gasteiger partial charge in [0.2, 0.25) is 5.88 Å². The number of aromatic nitrogens is 3. The van der Waals surface area contributed by atoms with Crippen LogP contribution in [0.4, 0.5) is 10.6 Å². The van der Waals surface area contributed by atoms with E-state index in [9.17, 15) is 9.59 Å². The zero-order chi connectivity index (χ0) is 24.0. The Kier molecular flexibility index (Phi) is 5.82. The van der Waals surface area contributed by atoms with Gasteiger partial charge in [0.15, 0.2) is 5.82 Å². The van der Waals surface area contributed by atoms with E-state index >= 15 is 0 Å². The van der Waals surface area contributed by atoms with Gasteiger partial charge in [0.25, 0.3) is 0 Å². The van der Waals surface area contributed by atoms with Crippen LogP contribution in [-0.2, 0) is 11.2 Å². The molecule has 2 aromatic heterocycles. The van der Waals surface area contributed by atoms with E-state index in [0.29, 0.717) is 37.0 Å². The molecule has 3 fully saturated rings. The number of H-pyrrole nitrogens is 1. The molecule has 0 radical (unpaired) electrons. The number of nitrogens with one attached hydrogen (secondary N) is 2. The summed E-state index contributed by atoms with van der Waals surface area (Å²) in [6.07, 6.45) is 12.9. The normalized spacial score (nSPS) is 27.6. The number of amides is 1. The van der Waals surface area contributed by atoms with Crippen LogP contribution in [0.15, 0.2) is 33.9 Å². The van der Waals surface area contributed by atoms with Crippen LogP contribution in [0, 0.1) is 23.2 Å². The van der Waals surface area contributed by atoms with Gasteiger partial charge in [0.05, 0.1) is 17.2 Å². The number of halogens is 1. The minimum absolute atomic E-state index is 0.0197. The number of rotatable bonds is 5. The number of carbonyl (C=O) groups excluding carboxylic acids is 2. The molecule has 3 saturated carbocycles. The first-order valence-corrected chi connectivity index (χ1v) is 13.2. The van der Waals surface area contributed by atoms with Gasteiger partial charge in [-0.2, -0.15) is 0 Å². The molecule has 3 heterocycles. The van der Waals surface area contributed by atoms with Crippen LogP contribution in [-0.4, -0.2) is 39.3 Å². The number of aromatic amines is 1. The highest BCUT2D eigenvalue weighted by Gasteiger charge is 2.48. The first-order chi connectivity index (χ1) is 17.0. The summed E-state index contributed by atoms with van der Waals surface area (Å²) < 4.78 is 6.40. The minimum atomic E-state index is -0.502. The summed E-state index contributed by atoms with van der Waals surface area (Å²) in [7, 11) is 0. The number of aliphatic imine (C=N–C) groups is 1. The maximum Gasteiger partial charge on any atom is 0.414 e. The Bertz CT molecular complexity index is 1220. The zero-order valence-electron chi connectivity index (χ0n) is 19.4. The third-order valence-corrected chi connectivity index (χ3v) is 8.29. The van der Waals surface area contributed by atoms with Gasteiger partial charge >= 0.3 is 6.09 Å². The lowest BCUT2D eigenvalue weighted by atomic mass is 9.65. The van der Waals surface area contributed by atoms with Crippen LogP contribution in [0.2, 0.25) is 0 Å². The summed E-state index contributed by atoms with van der Waals surface area (Å²) in [6, 6.07) is 3.98. The van der Waals surface area contributed by atoms with Crippen molar-refractivity contribution in [2.75, 3.05) is 6.54 Å². The second kappa shape index (κ2) is 9.00. The first-order valence-electron chi connectivity index (χ1n) is 12.4. The van der Waals surface area contributed by atoms with Gasteiger partial charge in [0.1, 0.15) is 5.78 Å². The Morgan fingerprint density at radius 3 is 2.97 bits per heavy atom. The van der Waals surface area contributed by atoms with Crippen molar-refractivity contribution in [3.8, 4) is 5.88 Å². The third kappa shape index (κ3) is 4.83. The molecular weight excluding hydrogens is 510 g/mol. The maximum atomic E-state index is 13.3. The molecule has 35 heavy (non-hydrogen) atoms. The smallest absolute Gasteiger partial charge is 0.389 e. The highest BCUT2D eigenvalue weighted by atomic mass is 79.9. The zero-order valence-corrected chi connectivity index (χ0v) is 21.0. The molecule has 3 atom stereocenters. The number of allylic oxidation sites excluding steroid dienone is 1. The molecule has 6 rings (SSSR count). The Balaban J connectivity index is 1.14. The monoisotopic (exact) mass is 537 g/mol. The van der Waals surface area contributed by atoms with Crippen molar-refractivity contribution in [3.05, 3.63) is 40.1 Å². The lowest BCUT2D eigenvalue weighted by molar-refractivity contribution is -0.124. The molecule has 0 bridgehead atoms. The number of nitrogens with zero attached hydrogens (tertiary/aromatic N) is 3. The molecule has 4 aliphatic rings. The molecule has 0 saturated heterocycles. The van der Waals surface area contributed by atoms with E-state index in [2.05, 4.69) is 48.6 Å². The predicted molar refractivity (Wildman–Crippen MR) is 135 cm³/mol. The van der Waals surface area contributed by atoms with Crippen LogP contribution in [0.5, 0.6) is 5.88 Å². The summed E-state index contributed by atoms with van der Waals surface area (Å²) in [5.74, 6) is 1.84. The third-order valence-electron chi connectivity index (χ3n) is 7.82. The number of hydrogen-bond donors (Lipinski definition) is 2. The van der Waals surface area contributed by atoms with Gasteiger partial charge < -0.3 is 10.1 Å². The molecule has 0 aromatic carbocycles. The summed E-state index contributed by atoms with van der Waals surface area (Å²) in [5, 5.41) is 9.88. The van der Waals surface area contributed by atoms with Crippen molar-refractivity contribution in [1.82, 2.24) is 20.5 Å². The highest BCUT2D eigenvalue weighted by Crippen LogP contribution is 2.53. The molecule has 1 amide bonds. The average Bonchev–Trinajstić information content (AvgIpc) is 3.49. The molecule has 1 spiro atoms. The lowest BCUT2D eigenvalue weighted by Crippen LogP contribution is -2.41. The standard InChI is InChI=1S/C26H28BrN5O3/c27-17-4-6-18(28-14-17)5-3-15-7-8-26(10-15)11-21-19(22(33)12-26)9-20-23(30-21)31-32-24(20)35-25(34)29-13-16-1-2-16/h3-6,14-16,19H,1-2,7-13H2,(H,29,34)(H,31,32). The second-order valence-corrected chi connectivity index (χ2v) is 11.4. The van der Waals surface area contributed by atoms with Crippen LogP contribution in [0.1, 0.15) is 56.2 Å². The Morgan fingerprint density at radius 1 is 1.29 bits per heavy atom. The van der Waals surface area contributed by atoms with Crippen molar-refractivity contribution in [3.63, 3.8) is 0 Å². The SMILES string of the molecule is O=C(NCC1CC1)Oc1n[nH]c2c1CC1C(=O)CC3(CCC(C=Cc4ccc(Br)cn4)C3)CC1=N2. The molecule has 2 aromatic rings. The van der Waals surface area contributed by atoms with E-state index in [1.165, 1.54) is 0 Å². The summed E-state index contributed by atoms with van der Waals surface area (Å²) in [6.45, 7) is 0.632. The van der Waals surface area contributed by atoms with Gasteiger partial charge in [-0.25, -0.2) is 9.79 Å². The van der Waals surface area contributed by atoms with Gasteiger partial charge in [-0.1, -0.05) is 6.08 Å². The van der Waals surface area contributed by atoms with Crippen molar-refractivity contribution in [2.45, 2.75) is 51.4 Å². The maximum absolute atomic E-state index is 13.3. The van der Waals surface area contributed by atoms with E-state index in [1.54, 1.807) is 6.20 Å². The molecule has 3 aliphatic carbocycles. The fourth-order valence-electron chi connectivity index (χ4n) is 5.78. The van der Waals surface area contributed by atoms with Crippen LogP contribution < -0.4 is 10.1 Å². The fourth-order valence-corrected chi connectivity index (χ4v) is 6.01. The van der Waals surface area contributed by atoms with Crippen molar-refractivity contribution >= 4 is 45.4 Å². The quantitative estimate of drug-likeness (QED) is 0.546. The van der Waals surface area contributed by atoms with Gasteiger partial charge in [-0.3, -0.25) is 14.9 Å². The van der Waals surface area contributed by atoms with Crippen molar-refractivity contribution < 1.29 is 14.3 Å². The topological polar surface area (TPSA) is 109 Å². The molecule has 2 N–H and O–H groups in total. The fraction of sp³-hybridized carbons (Fsp3) is 0.500. The Hall–Kier alpha value is -2.81. The van der Waals surface area contributed by atoms with E-state index in [1.807, 2.05) is 12.1 Å². The number of ketones is 1.